The van der Waals surface area contributed by atoms with Gasteiger partial charge in [-0.15, -0.1) is 0 Å². The molecule has 0 aromatic heterocycles. The second kappa shape index (κ2) is 9.86. The van der Waals surface area contributed by atoms with Crippen LogP contribution in [0.4, 0.5) is 14.5 Å². The minimum atomic E-state index is -2.90. The Kier molecular flexibility index (Phi) is 6.99. The van der Waals surface area contributed by atoms with Crippen LogP contribution in [0.15, 0.2) is 53.5 Å². The zero-order valence-electron chi connectivity index (χ0n) is 16.2. The third-order valence-corrected chi connectivity index (χ3v) is 4.54. The number of halogens is 2. The predicted octanol–water partition coefficient (Wildman–Crippen LogP) is 2.93. The molecule has 6 nitrogen and oxygen atoms in total. The normalized spacial score (nSPS) is 13.4. The number of rotatable bonds is 7. The number of alkyl halides is 2. The van der Waals surface area contributed by atoms with Gasteiger partial charge in [-0.3, -0.25) is 4.79 Å². The third-order valence-electron chi connectivity index (χ3n) is 4.54. The summed E-state index contributed by atoms with van der Waals surface area (Å²) in [7, 11) is 0. The van der Waals surface area contributed by atoms with E-state index >= 15 is 0 Å². The van der Waals surface area contributed by atoms with Crippen LogP contribution in [0.2, 0.25) is 0 Å². The molecule has 154 valence electrons. The summed E-state index contributed by atoms with van der Waals surface area (Å²) in [6.45, 7) is 0.485. The Morgan fingerprint density at radius 1 is 1.17 bits per heavy atom. The average Bonchev–Trinajstić information content (AvgIpc) is 3.14. The summed E-state index contributed by atoms with van der Waals surface area (Å²) in [6, 6.07) is 14.4. The number of benzene rings is 2. The second-order valence-corrected chi connectivity index (χ2v) is 6.46. The summed E-state index contributed by atoms with van der Waals surface area (Å²) in [6.07, 6.45) is 0.844. The summed E-state index contributed by atoms with van der Waals surface area (Å²) in [5, 5.41) is 6.07. The van der Waals surface area contributed by atoms with E-state index in [1.807, 2.05) is 31.2 Å². The number of nitrogens with one attached hydrogen (secondary N) is 2. The number of amides is 1. The number of fused-ring (bicyclic) bond motifs is 1. The van der Waals surface area contributed by atoms with Crippen LogP contribution in [0.3, 0.4) is 0 Å². The first kappa shape index (κ1) is 20.6. The van der Waals surface area contributed by atoms with Crippen molar-refractivity contribution in [2.24, 2.45) is 4.99 Å². The zero-order valence-corrected chi connectivity index (χ0v) is 16.2. The van der Waals surface area contributed by atoms with Crippen molar-refractivity contribution in [1.82, 2.24) is 10.6 Å². The Morgan fingerprint density at radius 2 is 1.93 bits per heavy atom. The maximum absolute atomic E-state index is 12.6. The van der Waals surface area contributed by atoms with E-state index in [1.165, 1.54) is 6.07 Å². The molecule has 2 aromatic rings. The number of carbonyl (C=O) groups excluding carboxylic acids is 1. The van der Waals surface area contributed by atoms with Crippen molar-refractivity contribution >= 4 is 17.6 Å². The Balaban J connectivity index is 1.63. The molecule has 0 saturated heterocycles. The molecule has 0 spiro atoms. The van der Waals surface area contributed by atoms with Gasteiger partial charge in [0.15, 0.2) is 5.96 Å². The fourth-order valence-electron chi connectivity index (χ4n) is 3.20. The molecule has 1 amide bonds. The van der Waals surface area contributed by atoms with Gasteiger partial charge in [0.05, 0.1) is 13.1 Å². The van der Waals surface area contributed by atoms with E-state index in [4.69, 9.17) is 0 Å². The molecule has 8 heteroatoms. The summed E-state index contributed by atoms with van der Waals surface area (Å²) < 4.78 is 29.6. The number of anilines is 1. The van der Waals surface area contributed by atoms with E-state index in [9.17, 15) is 13.6 Å². The lowest BCUT2D eigenvalue weighted by molar-refractivity contribution is -0.117. The Morgan fingerprint density at radius 3 is 2.72 bits per heavy atom. The van der Waals surface area contributed by atoms with Crippen molar-refractivity contribution in [3.05, 3.63) is 59.7 Å². The standard InChI is InChI=1S/C21H24F2N4O2/c1-2-24-21(25-13-16-8-4-6-10-18(16)29-20(22)23)26-14-19(28)27-12-11-15-7-3-5-9-17(15)27/h3-10,20H,2,11-14H2,1H3,(H2,24,25,26). The fourth-order valence-corrected chi connectivity index (χ4v) is 3.20. The maximum Gasteiger partial charge on any atom is 0.387 e. The minimum absolute atomic E-state index is 0.0537. The number of hydrogen-bond acceptors (Lipinski definition) is 3. The van der Waals surface area contributed by atoms with Crippen LogP contribution in [0.1, 0.15) is 18.1 Å². The van der Waals surface area contributed by atoms with Gasteiger partial charge in [0.1, 0.15) is 5.75 Å². The average molecular weight is 402 g/mol. The van der Waals surface area contributed by atoms with Crippen LogP contribution >= 0.6 is 0 Å². The maximum atomic E-state index is 12.6. The zero-order chi connectivity index (χ0) is 20.6. The molecule has 29 heavy (non-hydrogen) atoms. The van der Waals surface area contributed by atoms with Crippen molar-refractivity contribution in [3.8, 4) is 5.75 Å². The molecule has 2 aromatic carbocycles. The first-order valence-electron chi connectivity index (χ1n) is 9.51. The first-order valence-corrected chi connectivity index (χ1v) is 9.51. The summed E-state index contributed by atoms with van der Waals surface area (Å²) in [5.41, 5.74) is 2.64. The molecule has 3 rings (SSSR count). The van der Waals surface area contributed by atoms with Gasteiger partial charge in [-0.2, -0.15) is 8.78 Å². The van der Waals surface area contributed by atoms with Gasteiger partial charge in [0.2, 0.25) is 5.91 Å². The Bertz CT molecular complexity index is 873. The van der Waals surface area contributed by atoms with E-state index < -0.39 is 6.61 Å². The van der Waals surface area contributed by atoms with Crippen LogP contribution in [0.5, 0.6) is 5.75 Å². The van der Waals surface area contributed by atoms with Crippen LogP contribution < -0.4 is 20.3 Å². The highest BCUT2D eigenvalue weighted by Gasteiger charge is 2.23. The second-order valence-electron chi connectivity index (χ2n) is 6.46. The Labute approximate surface area is 168 Å². The van der Waals surface area contributed by atoms with E-state index in [-0.39, 0.29) is 24.7 Å². The third kappa shape index (κ3) is 5.43. The largest absolute Gasteiger partial charge is 0.434 e. The fraction of sp³-hybridized carbons (Fsp3) is 0.333. The number of hydrogen-bond donors (Lipinski definition) is 2. The number of carbonyl (C=O) groups is 1. The van der Waals surface area contributed by atoms with Gasteiger partial charge >= 0.3 is 6.61 Å². The molecule has 0 aliphatic carbocycles. The molecule has 2 N–H and O–H groups in total. The predicted molar refractivity (Wildman–Crippen MR) is 108 cm³/mol. The van der Waals surface area contributed by atoms with Crippen molar-refractivity contribution in [1.29, 1.82) is 0 Å². The summed E-state index contributed by atoms with van der Waals surface area (Å²) in [5.74, 6) is 0.467. The summed E-state index contributed by atoms with van der Waals surface area (Å²) >= 11 is 0. The highest BCUT2D eigenvalue weighted by molar-refractivity contribution is 5.98. The molecule has 1 aliphatic heterocycles. The van der Waals surface area contributed by atoms with Crippen molar-refractivity contribution in [2.75, 3.05) is 24.5 Å². The molecule has 0 fully saturated rings. The molecule has 0 saturated carbocycles. The van der Waals surface area contributed by atoms with E-state index in [1.54, 1.807) is 23.1 Å². The van der Waals surface area contributed by atoms with Crippen LogP contribution in [0.25, 0.3) is 0 Å². The van der Waals surface area contributed by atoms with E-state index in [0.717, 1.165) is 17.7 Å². The van der Waals surface area contributed by atoms with Gasteiger partial charge in [-0.1, -0.05) is 36.4 Å². The van der Waals surface area contributed by atoms with Gasteiger partial charge in [-0.25, -0.2) is 4.99 Å². The molecule has 0 bridgehead atoms. The highest BCUT2D eigenvalue weighted by Crippen LogP contribution is 2.27. The summed E-state index contributed by atoms with van der Waals surface area (Å²) in [4.78, 5) is 18.8. The number of para-hydroxylation sites is 2. The SMILES string of the molecule is CCNC(=NCc1ccccc1OC(F)F)NCC(=O)N1CCc2ccccc21. The van der Waals surface area contributed by atoms with Gasteiger partial charge in [-0.05, 0) is 31.0 Å². The number of ether oxygens (including phenoxy) is 1. The van der Waals surface area contributed by atoms with Crippen LogP contribution in [-0.4, -0.2) is 38.1 Å². The van der Waals surface area contributed by atoms with E-state index in [2.05, 4.69) is 20.4 Å². The van der Waals surface area contributed by atoms with Gasteiger partial charge < -0.3 is 20.3 Å². The van der Waals surface area contributed by atoms with Crippen LogP contribution in [0, 0.1) is 0 Å². The van der Waals surface area contributed by atoms with Crippen molar-refractivity contribution in [2.45, 2.75) is 26.5 Å². The lowest BCUT2D eigenvalue weighted by atomic mass is 10.2. The molecule has 0 radical (unpaired) electrons. The van der Waals surface area contributed by atoms with E-state index in [0.29, 0.717) is 24.6 Å². The quantitative estimate of drug-likeness (QED) is 0.552. The Hall–Kier alpha value is -3.16. The molecule has 0 atom stereocenters. The first-order chi connectivity index (χ1) is 14.1. The lowest BCUT2D eigenvalue weighted by Gasteiger charge is -2.19. The van der Waals surface area contributed by atoms with Crippen LogP contribution in [-0.2, 0) is 17.8 Å². The molecule has 0 unspecified atom stereocenters. The monoisotopic (exact) mass is 402 g/mol. The molecule has 1 aliphatic rings. The van der Waals surface area contributed by atoms with Gasteiger partial charge in [0, 0.05) is 24.3 Å². The topological polar surface area (TPSA) is 66.0 Å². The molecule has 1 heterocycles. The van der Waals surface area contributed by atoms with Gasteiger partial charge in [0.25, 0.3) is 0 Å². The van der Waals surface area contributed by atoms with Crippen molar-refractivity contribution in [3.63, 3.8) is 0 Å². The highest BCUT2D eigenvalue weighted by atomic mass is 19.3. The lowest BCUT2D eigenvalue weighted by Crippen LogP contribution is -2.44. The minimum Gasteiger partial charge on any atom is -0.434 e. The molecular formula is C21H24F2N4O2. The number of nitrogens with zero attached hydrogens (tertiary/aromatic N) is 2. The molecular weight excluding hydrogens is 378 g/mol. The smallest absolute Gasteiger partial charge is 0.387 e. The number of guanidine groups is 1. The number of aliphatic imine (C=N–C) groups is 1. The van der Waals surface area contributed by atoms with Crippen molar-refractivity contribution < 1.29 is 18.3 Å².